The smallest absolute Gasteiger partial charge is 0.320 e. The lowest BCUT2D eigenvalue weighted by Gasteiger charge is -2.33. The van der Waals surface area contributed by atoms with Crippen LogP contribution in [0.1, 0.15) is 24.8 Å². The number of aliphatic carboxylic acids is 1. The van der Waals surface area contributed by atoms with Gasteiger partial charge in [0, 0.05) is 13.6 Å². The Bertz CT molecular complexity index is 495. The minimum atomic E-state index is -0.826. The third-order valence-electron chi connectivity index (χ3n) is 3.93. The standard InChI is InChI=1S/C16H22N2O3.ClH/c1-17(11-13-7-3-2-4-8-13)15(19)12-18-10-6-5-9-14(18)16(20)21;/h2-4,7-8,14H,5-6,9-12H2,1H3,(H,20,21);1H. The average molecular weight is 327 g/mol. The van der Waals surface area contributed by atoms with Gasteiger partial charge in [0.25, 0.3) is 0 Å². The number of halogens is 1. The molecule has 0 bridgehead atoms. The van der Waals surface area contributed by atoms with Crippen molar-refractivity contribution in [1.82, 2.24) is 9.80 Å². The highest BCUT2D eigenvalue weighted by atomic mass is 35.5. The van der Waals surface area contributed by atoms with E-state index in [2.05, 4.69) is 0 Å². The molecule has 0 spiro atoms. The lowest BCUT2D eigenvalue weighted by Crippen LogP contribution is -2.49. The van der Waals surface area contributed by atoms with Gasteiger partial charge in [-0.2, -0.15) is 0 Å². The Balaban J connectivity index is 0.00000242. The van der Waals surface area contributed by atoms with Crippen molar-refractivity contribution in [3.05, 3.63) is 35.9 Å². The molecule has 1 saturated heterocycles. The summed E-state index contributed by atoms with van der Waals surface area (Å²) in [6.07, 6.45) is 2.51. The molecule has 1 N–H and O–H groups in total. The summed E-state index contributed by atoms with van der Waals surface area (Å²) in [5, 5.41) is 9.23. The van der Waals surface area contributed by atoms with Gasteiger partial charge in [0.2, 0.25) is 5.91 Å². The topological polar surface area (TPSA) is 60.9 Å². The molecular weight excluding hydrogens is 304 g/mol. The highest BCUT2D eigenvalue weighted by molar-refractivity contribution is 5.85. The van der Waals surface area contributed by atoms with Crippen LogP contribution in [0.4, 0.5) is 0 Å². The first-order valence-corrected chi connectivity index (χ1v) is 7.32. The molecule has 22 heavy (non-hydrogen) atoms. The van der Waals surface area contributed by atoms with E-state index in [4.69, 9.17) is 0 Å². The maximum atomic E-state index is 12.3. The second-order valence-corrected chi connectivity index (χ2v) is 5.56. The van der Waals surface area contributed by atoms with Crippen molar-refractivity contribution >= 4 is 24.3 Å². The third-order valence-corrected chi connectivity index (χ3v) is 3.93. The molecule has 2 rings (SSSR count). The Hall–Kier alpha value is -1.59. The molecule has 1 aromatic carbocycles. The van der Waals surface area contributed by atoms with Gasteiger partial charge in [0.15, 0.2) is 0 Å². The first-order valence-electron chi connectivity index (χ1n) is 7.32. The van der Waals surface area contributed by atoms with Gasteiger partial charge in [0.05, 0.1) is 6.54 Å². The van der Waals surface area contributed by atoms with Gasteiger partial charge in [-0.25, -0.2) is 0 Å². The van der Waals surface area contributed by atoms with Crippen LogP contribution in [0.25, 0.3) is 0 Å². The van der Waals surface area contributed by atoms with Crippen LogP contribution < -0.4 is 0 Å². The van der Waals surface area contributed by atoms with E-state index >= 15 is 0 Å². The van der Waals surface area contributed by atoms with Crippen molar-refractivity contribution in [2.24, 2.45) is 0 Å². The normalized spacial score (nSPS) is 18.3. The SMILES string of the molecule is CN(Cc1ccccc1)C(=O)CN1CCCCC1C(=O)O.Cl. The Labute approximate surface area is 137 Å². The molecule has 1 heterocycles. The summed E-state index contributed by atoms with van der Waals surface area (Å²) < 4.78 is 0. The largest absolute Gasteiger partial charge is 0.480 e. The van der Waals surface area contributed by atoms with Gasteiger partial charge < -0.3 is 10.0 Å². The number of benzene rings is 1. The number of carboxylic acids is 1. The molecule has 122 valence electrons. The number of carbonyl (C=O) groups is 2. The first-order chi connectivity index (χ1) is 10.1. The van der Waals surface area contributed by atoms with Crippen LogP contribution in [0.15, 0.2) is 30.3 Å². The molecular formula is C16H23ClN2O3. The second kappa shape index (κ2) is 8.76. The average Bonchev–Trinajstić information content (AvgIpc) is 2.48. The van der Waals surface area contributed by atoms with Crippen molar-refractivity contribution in [3.63, 3.8) is 0 Å². The van der Waals surface area contributed by atoms with Crippen molar-refractivity contribution < 1.29 is 14.7 Å². The Morgan fingerprint density at radius 2 is 1.95 bits per heavy atom. The summed E-state index contributed by atoms with van der Waals surface area (Å²) in [6, 6.07) is 9.26. The van der Waals surface area contributed by atoms with E-state index in [9.17, 15) is 14.7 Å². The van der Waals surface area contributed by atoms with Crippen LogP contribution in [0.2, 0.25) is 0 Å². The van der Waals surface area contributed by atoms with Gasteiger partial charge >= 0.3 is 5.97 Å². The minimum absolute atomic E-state index is 0. The van der Waals surface area contributed by atoms with Crippen LogP contribution in [-0.2, 0) is 16.1 Å². The number of piperidine rings is 1. The van der Waals surface area contributed by atoms with Gasteiger partial charge in [-0.15, -0.1) is 12.4 Å². The molecule has 1 fully saturated rings. The highest BCUT2D eigenvalue weighted by Gasteiger charge is 2.30. The molecule has 1 unspecified atom stereocenters. The number of carboxylic acid groups (broad SMARTS) is 1. The van der Waals surface area contributed by atoms with E-state index in [-0.39, 0.29) is 24.9 Å². The maximum Gasteiger partial charge on any atom is 0.320 e. The predicted octanol–water partition coefficient (Wildman–Crippen LogP) is 2.01. The van der Waals surface area contributed by atoms with Crippen molar-refractivity contribution in [3.8, 4) is 0 Å². The molecule has 1 aliphatic rings. The monoisotopic (exact) mass is 326 g/mol. The third kappa shape index (κ3) is 5.00. The highest BCUT2D eigenvalue weighted by Crippen LogP contribution is 2.17. The summed E-state index contributed by atoms with van der Waals surface area (Å²) in [5.74, 6) is -0.861. The minimum Gasteiger partial charge on any atom is -0.480 e. The molecule has 5 nitrogen and oxygen atoms in total. The van der Waals surface area contributed by atoms with E-state index in [0.717, 1.165) is 18.4 Å². The predicted molar refractivity (Wildman–Crippen MR) is 87.0 cm³/mol. The van der Waals surface area contributed by atoms with Crippen LogP contribution in [-0.4, -0.2) is 53.0 Å². The summed E-state index contributed by atoms with van der Waals surface area (Å²) in [6.45, 7) is 1.41. The number of hydrogen-bond donors (Lipinski definition) is 1. The van der Waals surface area contributed by atoms with E-state index < -0.39 is 12.0 Å². The fourth-order valence-electron chi connectivity index (χ4n) is 2.70. The summed E-state index contributed by atoms with van der Waals surface area (Å²) in [5.41, 5.74) is 1.07. The number of rotatable bonds is 5. The number of likely N-dealkylation sites (N-methyl/N-ethyl adjacent to an activating group) is 1. The lowest BCUT2D eigenvalue weighted by atomic mass is 10.0. The van der Waals surface area contributed by atoms with E-state index in [0.29, 0.717) is 19.5 Å². The lowest BCUT2D eigenvalue weighted by molar-refractivity contribution is -0.146. The van der Waals surface area contributed by atoms with Crippen molar-refractivity contribution in [2.45, 2.75) is 31.8 Å². The fourth-order valence-corrected chi connectivity index (χ4v) is 2.70. The molecule has 1 aromatic rings. The number of amides is 1. The van der Waals surface area contributed by atoms with Gasteiger partial charge in [0.1, 0.15) is 6.04 Å². The molecule has 1 aliphatic heterocycles. The van der Waals surface area contributed by atoms with Crippen molar-refractivity contribution in [1.29, 1.82) is 0 Å². The van der Waals surface area contributed by atoms with E-state index in [1.54, 1.807) is 16.8 Å². The summed E-state index contributed by atoms with van der Waals surface area (Å²) in [4.78, 5) is 27.0. The number of hydrogen-bond acceptors (Lipinski definition) is 3. The van der Waals surface area contributed by atoms with Gasteiger partial charge in [-0.3, -0.25) is 14.5 Å². The molecule has 1 atom stereocenters. The zero-order chi connectivity index (χ0) is 15.2. The first kappa shape index (κ1) is 18.5. The molecule has 0 aromatic heterocycles. The van der Waals surface area contributed by atoms with Crippen LogP contribution in [0.3, 0.4) is 0 Å². The fraction of sp³-hybridized carbons (Fsp3) is 0.500. The second-order valence-electron chi connectivity index (χ2n) is 5.56. The van der Waals surface area contributed by atoms with E-state index in [1.165, 1.54) is 0 Å². The Morgan fingerprint density at radius 1 is 1.27 bits per heavy atom. The summed E-state index contributed by atoms with van der Waals surface area (Å²) >= 11 is 0. The molecule has 6 heteroatoms. The van der Waals surface area contributed by atoms with Crippen molar-refractivity contribution in [2.75, 3.05) is 20.1 Å². The van der Waals surface area contributed by atoms with Gasteiger partial charge in [-0.05, 0) is 24.9 Å². The summed E-state index contributed by atoms with van der Waals surface area (Å²) in [7, 11) is 1.76. The van der Waals surface area contributed by atoms with Crippen LogP contribution in [0, 0.1) is 0 Å². The Kier molecular flexibility index (Phi) is 7.35. The Morgan fingerprint density at radius 3 is 2.59 bits per heavy atom. The number of likely N-dealkylation sites (tertiary alicyclic amines) is 1. The molecule has 1 amide bonds. The molecule has 0 saturated carbocycles. The van der Waals surface area contributed by atoms with Crippen LogP contribution >= 0.6 is 12.4 Å². The zero-order valence-electron chi connectivity index (χ0n) is 12.8. The number of carbonyl (C=O) groups excluding carboxylic acids is 1. The molecule has 0 radical (unpaired) electrons. The quantitative estimate of drug-likeness (QED) is 0.899. The van der Waals surface area contributed by atoms with E-state index in [1.807, 2.05) is 30.3 Å². The van der Waals surface area contributed by atoms with Crippen LogP contribution in [0.5, 0.6) is 0 Å². The molecule has 0 aliphatic carbocycles. The zero-order valence-corrected chi connectivity index (χ0v) is 13.6. The number of nitrogens with zero attached hydrogens (tertiary/aromatic N) is 2. The maximum absolute atomic E-state index is 12.3. The van der Waals surface area contributed by atoms with Gasteiger partial charge in [-0.1, -0.05) is 36.8 Å².